The Balaban J connectivity index is 1.36. The van der Waals surface area contributed by atoms with Crippen molar-refractivity contribution >= 4 is 22.7 Å². The molecule has 0 aromatic carbocycles. The van der Waals surface area contributed by atoms with Crippen molar-refractivity contribution in [1.82, 2.24) is 29.6 Å². The van der Waals surface area contributed by atoms with Gasteiger partial charge in [0.25, 0.3) is 0 Å². The number of hydrogen-bond donors (Lipinski definition) is 2. The number of aromatic amines is 1. The summed E-state index contributed by atoms with van der Waals surface area (Å²) in [7, 11) is 0. The monoisotopic (exact) mass is 383 g/mol. The molecule has 0 bridgehead atoms. The summed E-state index contributed by atoms with van der Waals surface area (Å²) in [5.74, 6) is 1.08. The third-order valence-electron chi connectivity index (χ3n) is 5.63. The maximum atomic E-state index is 5.68. The molecule has 1 unspecified atom stereocenters. The molecule has 2 fully saturated rings. The average molecular weight is 383 g/mol. The number of rotatable bonds is 6. The van der Waals surface area contributed by atoms with Crippen LogP contribution in [0, 0.1) is 6.92 Å². The summed E-state index contributed by atoms with van der Waals surface area (Å²) in [6, 6.07) is 2.89. The Bertz CT molecular complexity index is 978. The second-order valence-electron chi connectivity index (χ2n) is 7.37. The minimum Gasteiger partial charge on any atom is -0.477 e. The number of likely N-dealkylation sites (tertiary alicyclic amines) is 1. The summed E-state index contributed by atoms with van der Waals surface area (Å²) in [4.78, 5) is 14.7. The lowest BCUT2D eigenvalue weighted by Gasteiger charge is -2.34. The van der Waals surface area contributed by atoms with Gasteiger partial charge in [0.05, 0.1) is 54.9 Å². The fourth-order valence-electron chi connectivity index (χ4n) is 3.98. The van der Waals surface area contributed by atoms with E-state index >= 15 is 0 Å². The number of ether oxygens (including phenoxy) is 2. The van der Waals surface area contributed by atoms with Crippen LogP contribution in [0.4, 0.5) is 11.6 Å². The first kappa shape index (κ1) is 17.4. The van der Waals surface area contributed by atoms with Crippen LogP contribution in [-0.4, -0.2) is 68.6 Å². The third-order valence-corrected chi connectivity index (χ3v) is 5.63. The molecule has 5 heterocycles. The largest absolute Gasteiger partial charge is 0.477 e. The number of nitrogens with zero attached hydrogens (tertiary/aromatic N) is 5. The second kappa shape index (κ2) is 7.06. The lowest BCUT2D eigenvalue weighted by molar-refractivity contribution is -0.0579. The van der Waals surface area contributed by atoms with Crippen molar-refractivity contribution in [3.05, 3.63) is 24.2 Å². The fraction of sp³-hybridized carbons (Fsp3) is 0.526. The van der Waals surface area contributed by atoms with Crippen molar-refractivity contribution in [1.29, 1.82) is 0 Å². The zero-order chi connectivity index (χ0) is 19.1. The van der Waals surface area contributed by atoms with E-state index in [0.29, 0.717) is 30.5 Å². The van der Waals surface area contributed by atoms with Crippen LogP contribution < -0.4 is 10.1 Å². The van der Waals surface area contributed by atoms with E-state index in [1.54, 1.807) is 0 Å². The van der Waals surface area contributed by atoms with Crippen molar-refractivity contribution in [2.45, 2.75) is 32.4 Å². The van der Waals surface area contributed by atoms with Crippen molar-refractivity contribution in [3.63, 3.8) is 0 Å². The minimum atomic E-state index is 0.391. The molecule has 5 rings (SSSR count). The second-order valence-corrected chi connectivity index (χ2v) is 7.37. The van der Waals surface area contributed by atoms with Crippen LogP contribution in [0.2, 0.25) is 0 Å². The predicted octanol–water partition coefficient (Wildman–Crippen LogP) is 2.25. The predicted molar refractivity (Wildman–Crippen MR) is 105 cm³/mol. The van der Waals surface area contributed by atoms with Gasteiger partial charge in [0.1, 0.15) is 5.65 Å². The number of aromatic nitrogens is 5. The fourth-order valence-corrected chi connectivity index (χ4v) is 3.98. The highest BCUT2D eigenvalue weighted by Crippen LogP contribution is 2.30. The van der Waals surface area contributed by atoms with E-state index in [1.165, 1.54) is 0 Å². The summed E-state index contributed by atoms with van der Waals surface area (Å²) in [5, 5.41) is 8.84. The van der Waals surface area contributed by atoms with Crippen molar-refractivity contribution in [2.75, 3.05) is 38.2 Å². The molecule has 0 spiro atoms. The normalized spacial score (nSPS) is 20.6. The zero-order valence-corrected chi connectivity index (χ0v) is 16.2. The van der Waals surface area contributed by atoms with Crippen LogP contribution in [0.5, 0.6) is 5.88 Å². The summed E-state index contributed by atoms with van der Waals surface area (Å²) >= 11 is 0. The van der Waals surface area contributed by atoms with Crippen LogP contribution in [0.25, 0.3) is 11.0 Å². The van der Waals surface area contributed by atoms with E-state index in [9.17, 15) is 0 Å². The molecule has 3 aromatic heterocycles. The van der Waals surface area contributed by atoms with E-state index in [-0.39, 0.29) is 0 Å². The number of nitrogens with one attached hydrogen (secondary N) is 2. The molecule has 148 valence electrons. The Morgan fingerprint density at radius 1 is 1.32 bits per heavy atom. The average Bonchev–Trinajstić information content (AvgIpc) is 3.35. The van der Waals surface area contributed by atoms with Crippen LogP contribution in [0.1, 0.15) is 25.1 Å². The number of anilines is 2. The first-order valence-corrected chi connectivity index (χ1v) is 9.83. The first-order chi connectivity index (χ1) is 13.7. The van der Waals surface area contributed by atoms with Crippen LogP contribution in [0.15, 0.2) is 18.5 Å². The van der Waals surface area contributed by atoms with Gasteiger partial charge < -0.3 is 19.8 Å². The summed E-state index contributed by atoms with van der Waals surface area (Å²) in [6.07, 6.45) is 4.80. The number of hydrogen-bond acceptors (Lipinski definition) is 7. The standard InChI is InChI=1S/C19H25N7O2/c1-3-28-18-15-4-6-20-17(15)23-19(24-18)22-16-8-21-26(12(16)2)13-5-7-25(9-13)14-10-27-11-14/h4,6,8,13-14H,3,5,7,9-11H2,1-2H3,(H2,20,22,23,24). The molecule has 0 aliphatic carbocycles. The highest BCUT2D eigenvalue weighted by molar-refractivity contribution is 5.82. The molecule has 0 amide bonds. The summed E-state index contributed by atoms with van der Waals surface area (Å²) < 4.78 is 13.1. The smallest absolute Gasteiger partial charge is 0.232 e. The lowest BCUT2D eigenvalue weighted by atomic mass is 10.2. The van der Waals surface area contributed by atoms with E-state index in [4.69, 9.17) is 9.47 Å². The third kappa shape index (κ3) is 3.00. The minimum absolute atomic E-state index is 0.391. The van der Waals surface area contributed by atoms with Gasteiger partial charge in [0, 0.05) is 19.3 Å². The molecule has 28 heavy (non-hydrogen) atoms. The quantitative estimate of drug-likeness (QED) is 0.674. The van der Waals surface area contributed by atoms with E-state index in [1.807, 2.05) is 25.4 Å². The van der Waals surface area contributed by atoms with Gasteiger partial charge >= 0.3 is 0 Å². The van der Waals surface area contributed by atoms with Gasteiger partial charge in [-0.15, -0.1) is 0 Å². The molecular formula is C19H25N7O2. The van der Waals surface area contributed by atoms with Crippen LogP contribution >= 0.6 is 0 Å². The van der Waals surface area contributed by atoms with Gasteiger partial charge in [0.2, 0.25) is 11.8 Å². The molecule has 9 nitrogen and oxygen atoms in total. The van der Waals surface area contributed by atoms with Gasteiger partial charge in [0.15, 0.2) is 0 Å². The topological polar surface area (TPSA) is 93.1 Å². The van der Waals surface area contributed by atoms with Crippen molar-refractivity contribution < 1.29 is 9.47 Å². The van der Waals surface area contributed by atoms with Crippen LogP contribution in [0.3, 0.4) is 0 Å². The van der Waals surface area contributed by atoms with E-state index < -0.39 is 0 Å². The van der Waals surface area contributed by atoms with Gasteiger partial charge in [-0.3, -0.25) is 9.58 Å². The van der Waals surface area contributed by atoms with E-state index in [2.05, 4.69) is 41.9 Å². The molecule has 3 aromatic rings. The van der Waals surface area contributed by atoms with E-state index in [0.717, 1.165) is 55.1 Å². The molecule has 1 atom stereocenters. The molecule has 0 radical (unpaired) electrons. The molecule has 9 heteroatoms. The molecule has 2 aliphatic rings. The SMILES string of the molecule is CCOc1nc(Nc2cnn(C3CCN(C4COC4)C3)c2C)nc2[nH]ccc12. The maximum absolute atomic E-state index is 5.68. The maximum Gasteiger partial charge on any atom is 0.232 e. The lowest BCUT2D eigenvalue weighted by Crippen LogP contribution is -2.47. The highest BCUT2D eigenvalue weighted by Gasteiger charge is 2.34. The number of fused-ring (bicyclic) bond motifs is 1. The number of H-pyrrole nitrogens is 1. The Labute approximate surface area is 163 Å². The Morgan fingerprint density at radius 2 is 2.21 bits per heavy atom. The first-order valence-electron chi connectivity index (χ1n) is 9.83. The molecular weight excluding hydrogens is 358 g/mol. The van der Waals surface area contributed by atoms with Gasteiger partial charge in [-0.1, -0.05) is 0 Å². The summed E-state index contributed by atoms with van der Waals surface area (Å²) in [6.45, 7) is 8.43. The Hall–Kier alpha value is -2.65. The van der Waals surface area contributed by atoms with Gasteiger partial charge in [-0.2, -0.15) is 15.1 Å². The van der Waals surface area contributed by atoms with Crippen molar-refractivity contribution in [2.24, 2.45) is 0 Å². The molecule has 2 saturated heterocycles. The Kier molecular flexibility index (Phi) is 4.40. The highest BCUT2D eigenvalue weighted by atomic mass is 16.5. The van der Waals surface area contributed by atoms with Crippen molar-refractivity contribution in [3.8, 4) is 5.88 Å². The molecule has 2 aliphatic heterocycles. The molecule has 0 saturated carbocycles. The zero-order valence-electron chi connectivity index (χ0n) is 16.2. The Morgan fingerprint density at radius 3 is 3.00 bits per heavy atom. The van der Waals surface area contributed by atoms with Gasteiger partial charge in [-0.25, -0.2) is 0 Å². The van der Waals surface area contributed by atoms with Crippen LogP contribution in [-0.2, 0) is 4.74 Å². The summed E-state index contributed by atoms with van der Waals surface area (Å²) in [5.41, 5.74) is 2.75. The molecule has 2 N–H and O–H groups in total. The van der Waals surface area contributed by atoms with Gasteiger partial charge in [-0.05, 0) is 26.3 Å².